The second-order valence-corrected chi connectivity index (χ2v) is 10.8. The molecule has 0 aliphatic carbocycles. The monoisotopic (exact) mass is 482 g/mol. The van der Waals surface area contributed by atoms with Gasteiger partial charge in [0.2, 0.25) is 0 Å². The second-order valence-electron chi connectivity index (χ2n) is 8.73. The summed E-state index contributed by atoms with van der Waals surface area (Å²) >= 11 is 3.41. The van der Waals surface area contributed by atoms with Crippen molar-refractivity contribution in [1.29, 1.82) is 0 Å². The van der Waals surface area contributed by atoms with Gasteiger partial charge in [-0.3, -0.25) is 8.80 Å². The summed E-state index contributed by atoms with van der Waals surface area (Å²) in [7, 11) is 0. The van der Waals surface area contributed by atoms with Gasteiger partial charge in [-0.1, -0.05) is 50.2 Å². The highest BCUT2D eigenvalue weighted by Crippen LogP contribution is 2.40. The molecule has 170 valence electrons. The molecule has 4 aromatic heterocycles. The summed E-state index contributed by atoms with van der Waals surface area (Å²) in [4.78, 5) is 13.4. The molecule has 0 spiro atoms. The summed E-state index contributed by atoms with van der Waals surface area (Å²) in [6.07, 6.45) is 8.40. The fraction of sp³-hybridized carbons (Fsp3) is 0.214. The van der Waals surface area contributed by atoms with Crippen molar-refractivity contribution in [2.75, 3.05) is 0 Å². The minimum atomic E-state index is 0.993. The molecule has 6 heteroatoms. The third kappa shape index (κ3) is 3.40. The van der Waals surface area contributed by atoms with Crippen LogP contribution < -0.4 is 0 Å². The molecule has 6 rings (SSSR count). The van der Waals surface area contributed by atoms with Gasteiger partial charge >= 0.3 is 0 Å². The highest BCUT2D eigenvalue weighted by Gasteiger charge is 2.20. The average molecular weight is 483 g/mol. The standard InChI is InChI=1S/C28H26N4S2/c1-5-19-7-9-21(25-16-31-15-17(3)34-27(31)29-25)23(13-19)24-14-20(6-2)8-10-22(24)26-18(4)32-11-12-33-28(32)30-26/h7-16H,5-6H2,1-4H3. The fourth-order valence-electron chi connectivity index (χ4n) is 4.69. The Morgan fingerprint density at radius 2 is 1.50 bits per heavy atom. The average Bonchev–Trinajstić information content (AvgIpc) is 3.60. The molecule has 6 aromatic rings. The molecule has 0 unspecified atom stereocenters. The molecule has 0 radical (unpaired) electrons. The maximum atomic E-state index is 5.03. The molecule has 0 saturated heterocycles. The zero-order chi connectivity index (χ0) is 23.4. The maximum absolute atomic E-state index is 5.03. The van der Waals surface area contributed by atoms with Crippen LogP contribution in [-0.4, -0.2) is 18.8 Å². The molecule has 4 nitrogen and oxygen atoms in total. The number of aryl methyl sites for hydroxylation is 4. The van der Waals surface area contributed by atoms with E-state index in [0.29, 0.717) is 0 Å². The van der Waals surface area contributed by atoms with E-state index < -0.39 is 0 Å². The summed E-state index contributed by atoms with van der Waals surface area (Å²) in [5.74, 6) is 0. The summed E-state index contributed by atoms with van der Waals surface area (Å²) < 4.78 is 4.33. The van der Waals surface area contributed by atoms with E-state index in [1.54, 1.807) is 22.7 Å². The lowest BCUT2D eigenvalue weighted by Gasteiger charge is -2.16. The van der Waals surface area contributed by atoms with E-state index in [-0.39, 0.29) is 0 Å². The number of hydrogen-bond donors (Lipinski definition) is 0. The van der Waals surface area contributed by atoms with Crippen LogP contribution >= 0.6 is 22.7 Å². The van der Waals surface area contributed by atoms with E-state index in [0.717, 1.165) is 34.2 Å². The maximum Gasteiger partial charge on any atom is 0.194 e. The van der Waals surface area contributed by atoms with Gasteiger partial charge in [-0.25, -0.2) is 9.97 Å². The van der Waals surface area contributed by atoms with Crippen molar-refractivity contribution in [3.63, 3.8) is 0 Å². The van der Waals surface area contributed by atoms with Crippen LogP contribution in [0.25, 0.3) is 43.6 Å². The Hall–Kier alpha value is -3.22. The molecule has 0 N–H and O–H groups in total. The number of fused-ring (bicyclic) bond motifs is 2. The molecular formula is C28H26N4S2. The van der Waals surface area contributed by atoms with Crippen LogP contribution in [-0.2, 0) is 12.8 Å². The zero-order valence-electron chi connectivity index (χ0n) is 19.8. The third-order valence-electron chi connectivity index (χ3n) is 6.58. The molecule has 34 heavy (non-hydrogen) atoms. The van der Waals surface area contributed by atoms with Gasteiger partial charge in [-0.2, -0.15) is 0 Å². The van der Waals surface area contributed by atoms with E-state index in [9.17, 15) is 0 Å². The van der Waals surface area contributed by atoms with Gasteiger partial charge in [0.05, 0.1) is 11.4 Å². The fourth-order valence-corrected chi connectivity index (χ4v) is 6.26. The topological polar surface area (TPSA) is 34.6 Å². The first-order valence-electron chi connectivity index (χ1n) is 11.7. The van der Waals surface area contributed by atoms with Crippen molar-refractivity contribution < 1.29 is 0 Å². The van der Waals surface area contributed by atoms with Gasteiger partial charge in [0.15, 0.2) is 9.92 Å². The molecule has 0 aliphatic rings. The number of aromatic nitrogens is 4. The number of imidazole rings is 2. The first kappa shape index (κ1) is 21.3. The van der Waals surface area contributed by atoms with Crippen molar-refractivity contribution >= 4 is 32.6 Å². The lowest BCUT2D eigenvalue weighted by Crippen LogP contribution is -1.95. The largest absolute Gasteiger partial charge is 0.297 e. The van der Waals surface area contributed by atoms with Crippen LogP contribution in [0.5, 0.6) is 0 Å². The molecule has 2 aromatic carbocycles. The van der Waals surface area contributed by atoms with Crippen molar-refractivity contribution in [3.05, 3.63) is 82.1 Å². The van der Waals surface area contributed by atoms with Gasteiger partial charge in [0.1, 0.15) is 0 Å². The van der Waals surface area contributed by atoms with Gasteiger partial charge in [0, 0.05) is 45.7 Å². The van der Waals surface area contributed by atoms with E-state index in [4.69, 9.17) is 9.97 Å². The Kier molecular flexibility index (Phi) is 5.15. The Balaban J connectivity index is 1.62. The van der Waals surface area contributed by atoms with Gasteiger partial charge in [-0.05, 0) is 48.9 Å². The third-order valence-corrected chi connectivity index (χ3v) is 8.25. The van der Waals surface area contributed by atoms with Gasteiger partial charge in [0.25, 0.3) is 0 Å². The predicted molar refractivity (Wildman–Crippen MR) is 144 cm³/mol. The lowest BCUT2D eigenvalue weighted by molar-refractivity contribution is 1.13. The van der Waals surface area contributed by atoms with Crippen molar-refractivity contribution in [1.82, 2.24) is 18.8 Å². The smallest absolute Gasteiger partial charge is 0.194 e. The van der Waals surface area contributed by atoms with Crippen LogP contribution in [0.4, 0.5) is 0 Å². The van der Waals surface area contributed by atoms with Crippen LogP contribution in [0.15, 0.2) is 60.4 Å². The summed E-state index contributed by atoms with van der Waals surface area (Å²) in [5.41, 5.74) is 10.7. The Labute approximate surface area is 207 Å². The van der Waals surface area contributed by atoms with E-state index in [1.807, 2.05) is 0 Å². The van der Waals surface area contributed by atoms with E-state index in [2.05, 4.69) is 96.9 Å². The van der Waals surface area contributed by atoms with Crippen molar-refractivity contribution in [3.8, 4) is 33.6 Å². The van der Waals surface area contributed by atoms with Crippen LogP contribution in [0.1, 0.15) is 35.5 Å². The molecule has 4 heterocycles. The highest BCUT2D eigenvalue weighted by molar-refractivity contribution is 7.17. The van der Waals surface area contributed by atoms with Crippen molar-refractivity contribution in [2.24, 2.45) is 0 Å². The van der Waals surface area contributed by atoms with E-state index >= 15 is 0 Å². The number of hydrogen-bond acceptors (Lipinski definition) is 4. The number of benzene rings is 2. The Bertz CT molecular complexity index is 1630. The molecule has 0 atom stereocenters. The summed E-state index contributed by atoms with van der Waals surface area (Å²) in [6.45, 7) is 8.72. The van der Waals surface area contributed by atoms with Crippen molar-refractivity contribution in [2.45, 2.75) is 40.5 Å². The second kappa shape index (κ2) is 8.22. The lowest BCUT2D eigenvalue weighted by atomic mass is 9.89. The predicted octanol–water partition coefficient (Wildman–Crippen LogP) is 7.85. The minimum Gasteiger partial charge on any atom is -0.297 e. The molecular weight excluding hydrogens is 456 g/mol. The minimum absolute atomic E-state index is 0.993. The number of rotatable bonds is 5. The summed E-state index contributed by atoms with van der Waals surface area (Å²) in [6, 6.07) is 13.7. The van der Waals surface area contributed by atoms with Gasteiger partial charge in [-0.15, -0.1) is 22.7 Å². The zero-order valence-corrected chi connectivity index (χ0v) is 21.4. The van der Waals surface area contributed by atoms with Crippen LogP contribution in [0, 0.1) is 13.8 Å². The van der Waals surface area contributed by atoms with Crippen LogP contribution in [0.3, 0.4) is 0 Å². The highest BCUT2D eigenvalue weighted by atomic mass is 32.1. The molecule has 0 saturated carbocycles. The normalized spacial score (nSPS) is 11.8. The molecule has 0 aliphatic heterocycles. The van der Waals surface area contributed by atoms with Crippen LogP contribution in [0.2, 0.25) is 0 Å². The molecule has 0 amide bonds. The SMILES string of the molecule is CCc1ccc(-c2cn3cc(C)sc3n2)c(-c2cc(CC)ccc2-c2nc3sccn3c2C)c1. The molecule has 0 fully saturated rings. The quantitative estimate of drug-likeness (QED) is 0.251. The number of nitrogens with zero attached hydrogens (tertiary/aromatic N) is 4. The van der Waals surface area contributed by atoms with E-state index in [1.165, 1.54) is 44.0 Å². The Morgan fingerprint density at radius 3 is 2.18 bits per heavy atom. The first-order valence-corrected chi connectivity index (χ1v) is 13.4. The number of thiazole rings is 2. The molecule has 0 bridgehead atoms. The first-order chi connectivity index (χ1) is 16.6. The summed E-state index contributed by atoms with van der Waals surface area (Å²) in [5, 5.41) is 2.09. The Morgan fingerprint density at radius 1 is 0.794 bits per heavy atom. The van der Waals surface area contributed by atoms with Gasteiger partial charge < -0.3 is 0 Å².